The van der Waals surface area contributed by atoms with Crippen molar-refractivity contribution in [3.05, 3.63) is 48.0 Å². The first-order valence-corrected chi connectivity index (χ1v) is 9.86. The number of nitrogens with zero attached hydrogens (tertiary/aromatic N) is 1. The van der Waals surface area contributed by atoms with E-state index in [1.54, 1.807) is 25.1 Å². The van der Waals surface area contributed by atoms with Gasteiger partial charge in [0.05, 0.1) is 6.61 Å². The minimum atomic E-state index is -3.72. The zero-order chi connectivity index (χ0) is 20.0. The molecule has 0 fully saturated rings. The third-order valence-electron chi connectivity index (χ3n) is 3.68. The van der Waals surface area contributed by atoms with Crippen molar-refractivity contribution in [2.24, 2.45) is 0 Å². The van der Waals surface area contributed by atoms with Crippen LogP contribution in [0.2, 0.25) is 0 Å². The average molecular weight is 392 g/mol. The van der Waals surface area contributed by atoms with Crippen LogP contribution in [0.5, 0.6) is 11.5 Å². The molecule has 2 rings (SSSR count). The summed E-state index contributed by atoms with van der Waals surface area (Å²) in [4.78, 5) is 12.1. The van der Waals surface area contributed by atoms with Gasteiger partial charge < -0.3 is 14.8 Å². The molecule has 1 N–H and O–H groups in total. The summed E-state index contributed by atoms with van der Waals surface area (Å²) in [6.45, 7) is 3.87. The van der Waals surface area contributed by atoms with Gasteiger partial charge in [0, 0.05) is 19.8 Å². The molecule has 0 aromatic heterocycles. The molecule has 2 aromatic carbocycles. The molecule has 1 amide bonds. The van der Waals surface area contributed by atoms with Crippen LogP contribution in [0.15, 0.2) is 47.4 Å². The van der Waals surface area contributed by atoms with E-state index in [1.807, 2.05) is 19.1 Å². The van der Waals surface area contributed by atoms with Gasteiger partial charge >= 0.3 is 0 Å². The molecule has 0 radical (unpaired) electrons. The number of ether oxygens (including phenoxy) is 2. The number of amides is 1. The Bertz CT molecular complexity index is 893. The van der Waals surface area contributed by atoms with Gasteiger partial charge in [-0.25, -0.2) is 12.7 Å². The molecule has 0 atom stereocenters. The molecule has 0 saturated carbocycles. The Hall–Kier alpha value is -2.58. The van der Waals surface area contributed by atoms with Crippen molar-refractivity contribution < 1.29 is 22.7 Å². The summed E-state index contributed by atoms with van der Waals surface area (Å²) < 4.78 is 37.0. The zero-order valence-electron chi connectivity index (χ0n) is 15.9. The normalized spacial score (nSPS) is 11.3. The zero-order valence-corrected chi connectivity index (χ0v) is 16.7. The minimum absolute atomic E-state index is 0.00778. The molecule has 0 aliphatic rings. The summed E-state index contributed by atoms with van der Waals surface area (Å²) in [5.41, 5.74) is 1.44. The second-order valence-electron chi connectivity index (χ2n) is 6.03. The molecule has 27 heavy (non-hydrogen) atoms. The van der Waals surface area contributed by atoms with Crippen molar-refractivity contribution in [2.45, 2.75) is 18.7 Å². The van der Waals surface area contributed by atoms with E-state index in [4.69, 9.17) is 9.47 Å². The topological polar surface area (TPSA) is 84.9 Å². The summed E-state index contributed by atoms with van der Waals surface area (Å²) >= 11 is 0. The highest BCUT2D eigenvalue weighted by atomic mass is 32.2. The van der Waals surface area contributed by atoms with Crippen LogP contribution in [0.1, 0.15) is 12.5 Å². The summed E-state index contributed by atoms with van der Waals surface area (Å²) in [5.74, 6) is 0.423. The quantitative estimate of drug-likeness (QED) is 0.747. The van der Waals surface area contributed by atoms with Crippen molar-refractivity contribution in [1.82, 2.24) is 4.31 Å². The Labute approximate surface area is 160 Å². The smallest absolute Gasteiger partial charge is 0.262 e. The summed E-state index contributed by atoms with van der Waals surface area (Å²) in [6, 6.07) is 11.8. The van der Waals surface area contributed by atoms with Gasteiger partial charge in [-0.05, 0) is 44.2 Å². The lowest BCUT2D eigenvalue weighted by atomic mass is 10.2. The predicted octanol–water partition coefficient (Wildman–Crippen LogP) is 2.66. The Kier molecular flexibility index (Phi) is 6.81. The highest BCUT2D eigenvalue weighted by molar-refractivity contribution is 7.89. The number of carbonyl (C=O) groups is 1. The highest BCUT2D eigenvalue weighted by Gasteiger charge is 2.23. The fourth-order valence-electron chi connectivity index (χ4n) is 2.24. The Morgan fingerprint density at radius 2 is 1.74 bits per heavy atom. The SMILES string of the molecule is CCOc1ccc(NC(=O)COc2ccc(C)cc2)cc1S(=O)(=O)N(C)C. The highest BCUT2D eigenvalue weighted by Crippen LogP contribution is 2.29. The Morgan fingerprint density at radius 3 is 2.33 bits per heavy atom. The van der Waals surface area contributed by atoms with Gasteiger partial charge in [-0.15, -0.1) is 0 Å². The molecule has 0 aliphatic heterocycles. The maximum Gasteiger partial charge on any atom is 0.262 e. The van der Waals surface area contributed by atoms with E-state index < -0.39 is 15.9 Å². The molecular formula is C19H24N2O5S. The lowest BCUT2D eigenvalue weighted by Gasteiger charge is -2.16. The number of rotatable bonds is 8. The Balaban J connectivity index is 2.13. The second kappa shape index (κ2) is 8.88. The third-order valence-corrected chi connectivity index (χ3v) is 5.51. The minimum Gasteiger partial charge on any atom is -0.492 e. The van der Waals surface area contributed by atoms with Crippen LogP contribution in [-0.4, -0.2) is 45.9 Å². The van der Waals surface area contributed by atoms with Gasteiger partial charge in [-0.1, -0.05) is 17.7 Å². The molecule has 0 bridgehead atoms. The molecule has 0 unspecified atom stereocenters. The number of anilines is 1. The molecule has 0 saturated heterocycles. The molecule has 8 heteroatoms. The monoisotopic (exact) mass is 392 g/mol. The third kappa shape index (κ3) is 5.45. The molecule has 0 heterocycles. The van der Waals surface area contributed by atoms with E-state index in [1.165, 1.54) is 26.2 Å². The largest absolute Gasteiger partial charge is 0.492 e. The van der Waals surface area contributed by atoms with Crippen molar-refractivity contribution >= 4 is 21.6 Å². The van der Waals surface area contributed by atoms with Crippen molar-refractivity contribution in [3.8, 4) is 11.5 Å². The van der Waals surface area contributed by atoms with Crippen LogP contribution in [0.4, 0.5) is 5.69 Å². The number of hydrogen-bond acceptors (Lipinski definition) is 5. The molecule has 2 aromatic rings. The van der Waals surface area contributed by atoms with Crippen LogP contribution in [0.25, 0.3) is 0 Å². The summed E-state index contributed by atoms with van der Waals surface area (Å²) in [7, 11) is -0.849. The first kappa shape index (κ1) is 20.7. The van der Waals surface area contributed by atoms with Crippen LogP contribution in [0.3, 0.4) is 0 Å². The Morgan fingerprint density at radius 1 is 1.07 bits per heavy atom. The number of sulfonamides is 1. The number of carbonyl (C=O) groups excluding carboxylic acids is 1. The van der Waals surface area contributed by atoms with E-state index >= 15 is 0 Å². The van der Waals surface area contributed by atoms with Gasteiger partial charge in [0.25, 0.3) is 5.91 Å². The van der Waals surface area contributed by atoms with Crippen LogP contribution < -0.4 is 14.8 Å². The van der Waals surface area contributed by atoms with E-state index in [0.717, 1.165) is 9.87 Å². The van der Waals surface area contributed by atoms with Gasteiger partial charge in [-0.3, -0.25) is 4.79 Å². The molecule has 7 nitrogen and oxygen atoms in total. The van der Waals surface area contributed by atoms with Crippen LogP contribution in [-0.2, 0) is 14.8 Å². The van der Waals surface area contributed by atoms with Gasteiger partial charge in [0.2, 0.25) is 10.0 Å². The molecule has 0 aliphatic carbocycles. The van der Waals surface area contributed by atoms with E-state index in [-0.39, 0.29) is 17.3 Å². The van der Waals surface area contributed by atoms with Gasteiger partial charge in [0.15, 0.2) is 6.61 Å². The fourth-order valence-corrected chi connectivity index (χ4v) is 3.29. The number of nitrogens with one attached hydrogen (secondary N) is 1. The molecular weight excluding hydrogens is 368 g/mol. The van der Waals surface area contributed by atoms with E-state index in [2.05, 4.69) is 5.32 Å². The van der Waals surface area contributed by atoms with Crippen LogP contribution in [0, 0.1) is 6.92 Å². The maximum atomic E-state index is 12.5. The standard InChI is InChI=1S/C19H24N2O5S/c1-5-25-17-11-8-15(12-18(17)27(23,24)21(3)4)20-19(22)13-26-16-9-6-14(2)7-10-16/h6-12H,5,13H2,1-4H3,(H,20,22). The van der Waals surface area contributed by atoms with E-state index in [9.17, 15) is 13.2 Å². The average Bonchev–Trinajstić information content (AvgIpc) is 2.62. The molecule has 146 valence electrons. The summed E-state index contributed by atoms with van der Waals surface area (Å²) in [5, 5.41) is 2.64. The molecule has 0 spiro atoms. The van der Waals surface area contributed by atoms with Gasteiger partial charge in [-0.2, -0.15) is 0 Å². The van der Waals surface area contributed by atoms with Crippen LogP contribution >= 0.6 is 0 Å². The van der Waals surface area contributed by atoms with Crippen molar-refractivity contribution in [2.75, 3.05) is 32.6 Å². The first-order chi connectivity index (χ1) is 12.7. The number of hydrogen-bond donors (Lipinski definition) is 1. The van der Waals surface area contributed by atoms with Crippen molar-refractivity contribution in [1.29, 1.82) is 0 Å². The fraction of sp³-hybridized carbons (Fsp3) is 0.316. The number of aryl methyl sites for hydroxylation is 1. The lowest BCUT2D eigenvalue weighted by Crippen LogP contribution is -2.24. The lowest BCUT2D eigenvalue weighted by molar-refractivity contribution is -0.118. The first-order valence-electron chi connectivity index (χ1n) is 8.42. The maximum absolute atomic E-state index is 12.5. The van der Waals surface area contributed by atoms with E-state index in [0.29, 0.717) is 18.0 Å². The number of benzene rings is 2. The van der Waals surface area contributed by atoms with Gasteiger partial charge in [0.1, 0.15) is 16.4 Å². The predicted molar refractivity (Wildman–Crippen MR) is 104 cm³/mol. The van der Waals surface area contributed by atoms with Crippen molar-refractivity contribution in [3.63, 3.8) is 0 Å². The summed E-state index contributed by atoms with van der Waals surface area (Å²) in [6.07, 6.45) is 0. The second-order valence-corrected chi connectivity index (χ2v) is 8.15.